The van der Waals surface area contributed by atoms with E-state index in [1.807, 2.05) is 58.1 Å². The zero-order chi connectivity index (χ0) is 21.2. The summed E-state index contributed by atoms with van der Waals surface area (Å²) in [6.07, 6.45) is 6.94. The van der Waals surface area contributed by atoms with Crippen molar-refractivity contribution < 1.29 is 9.53 Å². The largest absolute Gasteiger partial charge is 0.492 e. The van der Waals surface area contributed by atoms with E-state index in [0.717, 1.165) is 29.8 Å². The van der Waals surface area contributed by atoms with Gasteiger partial charge in [0.2, 0.25) is 11.9 Å². The van der Waals surface area contributed by atoms with Crippen LogP contribution in [0.3, 0.4) is 0 Å². The average Bonchev–Trinajstić information content (AvgIpc) is 3.40. The predicted octanol–water partition coefficient (Wildman–Crippen LogP) is 3.55. The van der Waals surface area contributed by atoms with Gasteiger partial charge in [0.05, 0.1) is 30.2 Å². The number of carbonyl (C=O) groups excluding carboxylic acids is 1. The van der Waals surface area contributed by atoms with Crippen LogP contribution >= 0.6 is 11.6 Å². The summed E-state index contributed by atoms with van der Waals surface area (Å²) >= 11 is 6.70. The maximum Gasteiger partial charge on any atom is 0.249 e. The molecule has 1 aromatic heterocycles. The molecule has 0 radical (unpaired) electrons. The highest BCUT2D eigenvalue weighted by Crippen LogP contribution is 2.39. The highest BCUT2D eigenvalue weighted by Gasteiger charge is 2.39. The van der Waals surface area contributed by atoms with Crippen molar-refractivity contribution in [3.05, 3.63) is 77.3 Å². The summed E-state index contributed by atoms with van der Waals surface area (Å²) in [4.78, 5) is 23.3. The van der Waals surface area contributed by atoms with Crippen LogP contribution in [-0.2, 0) is 24.3 Å². The molecule has 2 aliphatic heterocycles. The molecule has 0 bridgehead atoms. The van der Waals surface area contributed by atoms with Gasteiger partial charge in [-0.2, -0.15) is 0 Å². The Morgan fingerprint density at radius 1 is 1.19 bits per heavy atom. The van der Waals surface area contributed by atoms with Crippen LogP contribution in [0, 0.1) is 0 Å². The molecule has 1 N–H and O–H groups in total. The van der Waals surface area contributed by atoms with E-state index in [0.29, 0.717) is 36.3 Å². The molecule has 2 aromatic carbocycles. The lowest BCUT2D eigenvalue weighted by Gasteiger charge is -2.29. The second-order valence-electron chi connectivity index (χ2n) is 7.64. The molecule has 31 heavy (non-hydrogen) atoms. The van der Waals surface area contributed by atoms with Gasteiger partial charge in [-0.05, 0) is 24.1 Å². The summed E-state index contributed by atoms with van der Waals surface area (Å²) in [5, 5.41) is 3.47. The van der Waals surface area contributed by atoms with E-state index in [9.17, 15) is 4.79 Å². The van der Waals surface area contributed by atoms with Gasteiger partial charge < -0.3 is 14.2 Å². The minimum Gasteiger partial charge on any atom is -0.492 e. The van der Waals surface area contributed by atoms with Gasteiger partial charge in [0.1, 0.15) is 11.8 Å². The van der Waals surface area contributed by atoms with Crippen LogP contribution in [0.1, 0.15) is 17.5 Å². The molecule has 1 atom stereocenters. The van der Waals surface area contributed by atoms with Gasteiger partial charge in [0.15, 0.2) is 0 Å². The monoisotopic (exact) mass is 435 g/mol. The predicted molar refractivity (Wildman–Crippen MR) is 119 cm³/mol. The normalized spacial score (nSPS) is 17.1. The molecule has 7 nitrogen and oxygen atoms in total. The van der Waals surface area contributed by atoms with Gasteiger partial charge in [0.25, 0.3) is 0 Å². The number of fused-ring (bicyclic) bond motifs is 2. The molecular weight excluding hydrogens is 414 g/mol. The maximum absolute atomic E-state index is 12.6. The molecule has 1 amide bonds. The molecule has 1 fully saturated rings. The van der Waals surface area contributed by atoms with Gasteiger partial charge in [-0.3, -0.25) is 10.1 Å². The highest BCUT2D eigenvalue weighted by atomic mass is 35.5. The van der Waals surface area contributed by atoms with Crippen molar-refractivity contribution in [2.75, 3.05) is 6.61 Å². The number of rotatable bonds is 7. The van der Waals surface area contributed by atoms with Crippen LogP contribution in [0.4, 0.5) is 5.69 Å². The zero-order valence-electron chi connectivity index (χ0n) is 16.9. The molecule has 1 saturated heterocycles. The number of hydrogen-bond donors (Lipinski definition) is 1. The van der Waals surface area contributed by atoms with Gasteiger partial charge in [-0.1, -0.05) is 41.9 Å². The molecule has 3 heterocycles. The van der Waals surface area contributed by atoms with E-state index in [1.165, 1.54) is 0 Å². The molecule has 2 aliphatic rings. The Hall–Kier alpha value is -3.32. The van der Waals surface area contributed by atoms with E-state index in [4.69, 9.17) is 16.3 Å². The quantitative estimate of drug-likeness (QED) is 0.576. The first-order chi connectivity index (χ1) is 15.2. The fourth-order valence-electron chi connectivity index (χ4n) is 3.96. The first-order valence-electron chi connectivity index (χ1n) is 10.3. The molecule has 8 heteroatoms. The number of aromatic nitrogens is 2. The highest BCUT2D eigenvalue weighted by molar-refractivity contribution is 6.33. The Morgan fingerprint density at radius 2 is 2.06 bits per heavy atom. The van der Waals surface area contributed by atoms with Crippen molar-refractivity contribution in [3.8, 4) is 5.75 Å². The number of nitrogens with one attached hydrogen (secondary N) is 1. The van der Waals surface area contributed by atoms with Crippen LogP contribution in [0.15, 0.2) is 66.2 Å². The van der Waals surface area contributed by atoms with Gasteiger partial charge >= 0.3 is 0 Å². The summed E-state index contributed by atoms with van der Waals surface area (Å²) in [6, 6.07) is 13.4. The minimum absolute atomic E-state index is 0.0393. The first kappa shape index (κ1) is 19.6. The van der Waals surface area contributed by atoms with Gasteiger partial charge in [-0.25, -0.2) is 9.98 Å². The van der Waals surface area contributed by atoms with Gasteiger partial charge in [0, 0.05) is 30.9 Å². The fraction of sp³-hybridized carbons (Fsp3) is 0.261. The number of aryl methyl sites for hydroxylation is 1. The Labute approximate surface area is 185 Å². The van der Waals surface area contributed by atoms with E-state index in [2.05, 4.69) is 15.3 Å². The standard InChI is InChI=1S/C23H22ClN5O2/c24-21-17-14-29-19(13-16-5-2-1-3-6-16)22(30)27-23(29)26-18(17)7-8-20(21)31-12-4-10-28-11-9-25-15-28/h1-3,5-9,11,15,19H,4,10,12-14H2,(H,26,27,30). The molecule has 0 saturated carbocycles. The number of amides is 1. The van der Waals surface area contributed by atoms with E-state index in [-0.39, 0.29) is 11.9 Å². The lowest BCUT2D eigenvalue weighted by molar-refractivity contribution is -0.121. The number of guanidine groups is 1. The number of benzene rings is 2. The van der Waals surface area contributed by atoms with E-state index in [1.54, 1.807) is 12.5 Å². The van der Waals surface area contributed by atoms with Crippen LogP contribution in [0.5, 0.6) is 5.75 Å². The number of ether oxygens (including phenoxy) is 1. The van der Waals surface area contributed by atoms with E-state index < -0.39 is 0 Å². The van der Waals surface area contributed by atoms with Crippen LogP contribution < -0.4 is 10.1 Å². The van der Waals surface area contributed by atoms with Crippen molar-refractivity contribution in [1.29, 1.82) is 0 Å². The molecule has 0 aliphatic carbocycles. The molecule has 158 valence electrons. The third-order valence-electron chi connectivity index (χ3n) is 5.57. The third kappa shape index (κ3) is 4.01. The number of halogens is 1. The summed E-state index contributed by atoms with van der Waals surface area (Å²) < 4.78 is 7.95. The second-order valence-corrected chi connectivity index (χ2v) is 8.01. The van der Waals surface area contributed by atoms with Crippen LogP contribution in [0.2, 0.25) is 5.02 Å². The summed E-state index contributed by atoms with van der Waals surface area (Å²) in [7, 11) is 0. The number of carbonyl (C=O) groups is 1. The summed E-state index contributed by atoms with van der Waals surface area (Å²) in [5.41, 5.74) is 2.76. The Balaban J connectivity index is 1.30. The molecular formula is C23H22ClN5O2. The number of aliphatic imine (C=N–C) groups is 1. The fourth-order valence-corrected chi connectivity index (χ4v) is 4.23. The summed E-state index contributed by atoms with van der Waals surface area (Å²) in [6.45, 7) is 1.89. The SMILES string of the molecule is O=C1NC2=Nc3ccc(OCCCn4ccnc4)c(Cl)c3CN2C1Cc1ccccc1. The van der Waals surface area contributed by atoms with Gasteiger partial charge in [-0.15, -0.1) is 0 Å². The lowest BCUT2D eigenvalue weighted by Crippen LogP contribution is -2.38. The van der Waals surface area contributed by atoms with Crippen molar-refractivity contribution >= 4 is 29.2 Å². The minimum atomic E-state index is -0.315. The zero-order valence-corrected chi connectivity index (χ0v) is 17.6. The second kappa shape index (κ2) is 8.43. The van der Waals surface area contributed by atoms with E-state index >= 15 is 0 Å². The first-order valence-corrected chi connectivity index (χ1v) is 10.7. The smallest absolute Gasteiger partial charge is 0.249 e. The Morgan fingerprint density at radius 3 is 2.87 bits per heavy atom. The molecule has 0 spiro atoms. The van der Waals surface area contributed by atoms with Crippen LogP contribution in [-0.4, -0.2) is 39.0 Å². The molecule has 3 aromatic rings. The number of nitrogens with zero attached hydrogens (tertiary/aromatic N) is 4. The Bertz CT molecular complexity index is 1110. The summed E-state index contributed by atoms with van der Waals surface area (Å²) in [5.74, 6) is 1.19. The van der Waals surface area contributed by atoms with Crippen molar-refractivity contribution in [3.63, 3.8) is 0 Å². The van der Waals surface area contributed by atoms with Crippen molar-refractivity contribution in [1.82, 2.24) is 19.8 Å². The van der Waals surface area contributed by atoms with Crippen LogP contribution in [0.25, 0.3) is 0 Å². The third-order valence-corrected chi connectivity index (χ3v) is 5.99. The maximum atomic E-state index is 12.6. The van der Waals surface area contributed by atoms with Crippen molar-refractivity contribution in [2.24, 2.45) is 4.99 Å². The molecule has 1 unspecified atom stereocenters. The average molecular weight is 436 g/mol. The molecule has 5 rings (SSSR count). The number of imidazole rings is 1. The Kier molecular flexibility index (Phi) is 5.34. The number of hydrogen-bond acceptors (Lipinski definition) is 5. The lowest BCUT2D eigenvalue weighted by atomic mass is 10.0. The topological polar surface area (TPSA) is 71.7 Å². The van der Waals surface area contributed by atoms with Crippen molar-refractivity contribution in [2.45, 2.75) is 32.0 Å².